The normalized spacial score (nSPS) is 13.8. The number of amides is 1. The van der Waals surface area contributed by atoms with Crippen molar-refractivity contribution in [2.45, 2.75) is 31.6 Å². The summed E-state index contributed by atoms with van der Waals surface area (Å²) < 4.78 is 11.2. The highest BCUT2D eigenvalue weighted by Crippen LogP contribution is 2.04. The highest BCUT2D eigenvalue weighted by molar-refractivity contribution is 7.84. The monoisotopic (exact) mass is 282 g/mol. The van der Waals surface area contributed by atoms with Crippen LogP contribution in [0.25, 0.3) is 0 Å². The van der Waals surface area contributed by atoms with E-state index in [0.29, 0.717) is 19.5 Å². The van der Waals surface area contributed by atoms with Gasteiger partial charge in [-0.15, -0.1) is 0 Å². The maximum atomic E-state index is 11.7. The van der Waals surface area contributed by atoms with Crippen LogP contribution in [0.4, 0.5) is 0 Å². The summed E-state index contributed by atoms with van der Waals surface area (Å²) in [6.07, 6.45) is 2.79. The topological polar surface area (TPSA) is 72.2 Å². The molecular weight excluding hydrogens is 260 g/mol. The first kappa shape index (κ1) is 15.9. The van der Waals surface area contributed by atoms with Crippen LogP contribution in [0.1, 0.15) is 24.5 Å². The average Bonchev–Trinajstić information content (AvgIpc) is 2.39. The average molecular weight is 282 g/mol. The molecule has 1 aromatic rings. The molecule has 0 aliphatic carbocycles. The molecule has 0 saturated heterocycles. The molecular formula is C14H22N2O2S. The van der Waals surface area contributed by atoms with Crippen molar-refractivity contribution in [3.05, 3.63) is 35.4 Å². The third kappa shape index (κ3) is 5.98. The molecule has 1 rings (SSSR count). The van der Waals surface area contributed by atoms with Crippen LogP contribution in [0.2, 0.25) is 0 Å². The summed E-state index contributed by atoms with van der Waals surface area (Å²) in [5.41, 5.74) is 7.55. The predicted octanol–water partition coefficient (Wildman–Crippen LogP) is 0.961. The molecule has 1 amide bonds. The lowest BCUT2D eigenvalue weighted by Crippen LogP contribution is -2.28. The summed E-state index contributed by atoms with van der Waals surface area (Å²) >= 11 is 0. The lowest BCUT2D eigenvalue weighted by Gasteiger charge is -2.09. The van der Waals surface area contributed by atoms with Crippen LogP contribution in [0, 0.1) is 0 Å². The van der Waals surface area contributed by atoms with Crippen LogP contribution in [-0.2, 0) is 28.6 Å². The Morgan fingerprint density at radius 3 is 2.42 bits per heavy atom. The Kier molecular flexibility index (Phi) is 6.73. The van der Waals surface area contributed by atoms with Gasteiger partial charge in [0.2, 0.25) is 5.91 Å². The van der Waals surface area contributed by atoms with E-state index in [4.69, 9.17) is 5.73 Å². The Bertz CT molecular complexity index is 432. The Labute approximate surface area is 117 Å². The molecule has 2 atom stereocenters. The van der Waals surface area contributed by atoms with Crippen LogP contribution < -0.4 is 11.1 Å². The molecule has 5 heteroatoms. The second-order valence-corrected chi connectivity index (χ2v) is 6.45. The van der Waals surface area contributed by atoms with Gasteiger partial charge in [0.25, 0.3) is 0 Å². The van der Waals surface area contributed by atoms with Crippen molar-refractivity contribution in [3.8, 4) is 0 Å². The van der Waals surface area contributed by atoms with Gasteiger partial charge in [0.05, 0.1) is 6.42 Å². The van der Waals surface area contributed by atoms with Crippen molar-refractivity contribution < 1.29 is 9.00 Å². The molecule has 0 aliphatic rings. The van der Waals surface area contributed by atoms with E-state index in [2.05, 4.69) is 5.32 Å². The Morgan fingerprint density at radius 2 is 1.89 bits per heavy atom. The van der Waals surface area contributed by atoms with Gasteiger partial charge in [-0.1, -0.05) is 31.2 Å². The molecule has 0 aliphatic heterocycles. The third-order valence-electron chi connectivity index (χ3n) is 3.06. The Hall–Kier alpha value is -1.20. The summed E-state index contributed by atoms with van der Waals surface area (Å²) in [5.74, 6) is -0.00501. The molecule has 0 heterocycles. The molecule has 0 aromatic heterocycles. The van der Waals surface area contributed by atoms with Crippen molar-refractivity contribution in [3.63, 3.8) is 0 Å². The van der Waals surface area contributed by atoms with Crippen LogP contribution in [-0.4, -0.2) is 28.2 Å². The van der Waals surface area contributed by atoms with Gasteiger partial charge in [0, 0.05) is 35.4 Å². The van der Waals surface area contributed by atoms with Crippen LogP contribution >= 0.6 is 0 Å². The maximum Gasteiger partial charge on any atom is 0.224 e. The zero-order chi connectivity index (χ0) is 14.3. The van der Waals surface area contributed by atoms with Crippen LogP contribution in [0.3, 0.4) is 0 Å². The third-order valence-corrected chi connectivity index (χ3v) is 4.43. The number of hydrogen-bond acceptors (Lipinski definition) is 3. The van der Waals surface area contributed by atoms with Crippen LogP contribution in [0.5, 0.6) is 0 Å². The SMILES string of the molecule is CC(CCNC(=O)Cc1ccc(CN)cc1)S(C)=O. The molecule has 3 N–H and O–H groups in total. The van der Waals surface area contributed by atoms with Gasteiger partial charge in [0.15, 0.2) is 0 Å². The molecule has 0 bridgehead atoms. The van der Waals surface area contributed by atoms with Crippen LogP contribution in [0.15, 0.2) is 24.3 Å². The first-order valence-electron chi connectivity index (χ1n) is 6.39. The second kappa shape index (κ2) is 8.07. The van der Waals surface area contributed by atoms with Gasteiger partial charge in [-0.2, -0.15) is 0 Å². The first-order chi connectivity index (χ1) is 9.02. The summed E-state index contributed by atoms with van der Waals surface area (Å²) in [4.78, 5) is 11.7. The predicted molar refractivity (Wildman–Crippen MR) is 79.2 cm³/mol. The number of nitrogens with one attached hydrogen (secondary N) is 1. The summed E-state index contributed by atoms with van der Waals surface area (Å²) in [6.45, 7) is 3.01. The van der Waals surface area contributed by atoms with Gasteiger partial charge in [0.1, 0.15) is 0 Å². The van der Waals surface area contributed by atoms with E-state index in [1.165, 1.54) is 0 Å². The van der Waals surface area contributed by atoms with E-state index in [-0.39, 0.29) is 11.2 Å². The lowest BCUT2D eigenvalue weighted by atomic mass is 10.1. The van der Waals surface area contributed by atoms with Gasteiger partial charge in [-0.3, -0.25) is 9.00 Å². The molecule has 0 spiro atoms. The maximum absolute atomic E-state index is 11.7. The minimum atomic E-state index is -0.830. The van der Waals surface area contributed by atoms with Gasteiger partial charge >= 0.3 is 0 Å². The molecule has 19 heavy (non-hydrogen) atoms. The minimum absolute atomic E-state index is 0.00501. The number of hydrogen-bond donors (Lipinski definition) is 2. The molecule has 0 saturated carbocycles. The fourth-order valence-electron chi connectivity index (χ4n) is 1.62. The Balaban J connectivity index is 2.32. The van der Waals surface area contributed by atoms with Gasteiger partial charge in [-0.05, 0) is 17.5 Å². The van der Waals surface area contributed by atoms with Crippen molar-refractivity contribution in [2.24, 2.45) is 5.73 Å². The van der Waals surface area contributed by atoms with E-state index < -0.39 is 10.8 Å². The standard InChI is InChI=1S/C14H22N2O2S/c1-11(19(2)18)7-8-16-14(17)9-12-3-5-13(10-15)6-4-12/h3-6,11H,7-10,15H2,1-2H3,(H,16,17). The quantitative estimate of drug-likeness (QED) is 0.782. The minimum Gasteiger partial charge on any atom is -0.356 e. The molecule has 0 fully saturated rings. The number of rotatable bonds is 7. The molecule has 2 unspecified atom stereocenters. The summed E-state index contributed by atoms with van der Waals surface area (Å²) in [7, 11) is -0.830. The summed E-state index contributed by atoms with van der Waals surface area (Å²) in [6, 6.07) is 7.72. The lowest BCUT2D eigenvalue weighted by molar-refractivity contribution is -0.120. The van der Waals surface area contributed by atoms with Crippen molar-refractivity contribution in [1.29, 1.82) is 0 Å². The highest BCUT2D eigenvalue weighted by atomic mass is 32.2. The number of nitrogens with two attached hydrogens (primary N) is 1. The highest BCUT2D eigenvalue weighted by Gasteiger charge is 2.07. The molecule has 0 radical (unpaired) electrons. The fourth-order valence-corrected chi connectivity index (χ4v) is 2.07. The van der Waals surface area contributed by atoms with E-state index in [1.54, 1.807) is 6.26 Å². The van der Waals surface area contributed by atoms with Gasteiger partial charge in [-0.25, -0.2) is 0 Å². The summed E-state index contributed by atoms with van der Waals surface area (Å²) in [5, 5.41) is 2.96. The molecule has 106 valence electrons. The molecule has 4 nitrogen and oxygen atoms in total. The number of carbonyl (C=O) groups excluding carboxylic acids is 1. The number of benzene rings is 1. The van der Waals surface area contributed by atoms with Gasteiger partial charge < -0.3 is 11.1 Å². The van der Waals surface area contributed by atoms with E-state index in [1.807, 2.05) is 31.2 Å². The first-order valence-corrected chi connectivity index (χ1v) is 8.02. The van der Waals surface area contributed by atoms with E-state index in [9.17, 15) is 9.00 Å². The number of carbonyl (C=O) groups is 1. The Morgan fingerprint density at radius 1 is 1.32 bits per heavy atom. The fraction of sp³-hybridized carbons (Fsp3) is 0.500. The zero-order valence-electron chi connectivity index (χ0n) is 11.5. The van der Waals surface area contributed by atoms with E-state index >= 15 is 0 Å². The second-order valence-electron chi connectivity index (χ2n) is 4.65. The van der Waals surface area contributed by atoms with Crippen molar-refractivity contribution in [2.75, 3.05) is 12.8 Å². The van der Waals surface area contributed by atoms with Crippen molar-refractivity contribution >= 4 is 16.7 Å². The van der Waals surface area contributed by atoms with E-state index in [0.717, 1.165) is 17.5 Å². The smallest absolute Gasteiger partial charge is 0.224 e. The largest absolute Gasteiger partial charge is 0.356 e. The zero-order valence-corrected chi connectivity index (χ0v) is 12.3. The molecule has 1 aromatic carbocycles. The van der Waals surface area contributed by atoms with Crippen molar-refractivity contribution in [1.82, 2.24) is 5.32 Å².